The lowest BCUT2D eigenvalue weighted by Crippen LogP contribution is -2.39. The third-order valence-electron chi connectivity index (χ3n) is 3.34. The maximum Gasteiger partial charge on any atom is 0.164 e. The molecule has 1 N–H and O–H groups in total. The minimum absolute atomic E-state index is 0.0402. The van der Waals surface area contributed by atoms with Crippen molar-refractivity contribution in [3.8, 4) is 0 Å². The van der Waals surface area contributed by atoms with Crippen molar-refractivity contribution in [2.24, 2.45) is 0 Å². The first kappa shape index (κ1) is 15.4. The molecular weight excluding hydrogens is 314 g/mol. The van der Waals surface area contributed by atoms with E-state index in [-0.39, 0.29) is 11.5 Å². The molecular formula is C13H18BrNO2S. The second kappa shape index (κ2) is 5.13. The smallest absolute Gasteiger partial charge is 0.164 e. The summed E-state index contributed by atoms with van der Waals surface area (Å²) in [6.07, 6.45) is 0. The number of rotatable bonds is 4. The molecule has 0 amide bonds. The Labute approximate surface area is 117 Å². The summed E-state index contributed by atoms with van der Waals surface area (Å²) < 4.78 is 24.5. The van der Waals surface area contributed by atoms with Gasteiger partial charge in [0.2, 0.25) is 0 Å². The average Bonchev–Trinajstić information content (AvgIpc) is 2.22. The number of nitrogens with one attached hydrogen (secondary N) is 1. The van der Waals surface area contributed by atoms with Gasteiger partial charge in [0.05, 0.1) is 5.75 Å². The second-order valence-corrected chi connectivity index (χ2v) is 8.42. The summed E-state index contributed by atoms with van der Waals surface area (Å²) in [5.41, 5.74) is 1.88. The van der Waals surface area contributed by atoms with Gasteiger partial charge in [-0.2, -0.15) is 0 Å². The predicted molar refractivity (Wildman–Crippen MR) is 79.0 cm³/mol. The first-order valence-corrected chi connectivity index (χ1v) is 8.05. The van der Waals surface area contributed by atoms with Gasteiger partial charge >= 0.3 is 0 Å². The van der Waals surface area contributed by atoms with Crippen LogP contribution in [0.15, 0.2) is 22.7 Å². The second-order valence-electron chi connectivity index (χ2n) is 4.97. The highest BCUT2D eigenvalue weighted by atomic mass is 79.9. The van der Waals surface area contributed by atoms with Gasteiger partial charge in [0.25, 0.3) is 0 Å². The Kier molecular flexibility index (Phi) is 4.38. The molecule has 0 atom stereocenters. The van der Waals surface area contributed by atoms with Gasteiger partial charge < -0.3 is 5.41 Å². The molecule has 0 saturated carbocycles. The molecule has 0 spiro atoms. The van der Waals surface area contributed by atoms with Gasteiger partial charge in [0, 0.05) is 10.2 Å². The van der Waals surface area contributed by atoms with Crippen LogP contribution in [0.25, 0.3) is 0 Å². The van der Waals surface area contributed by atoms with Crippen molar-refractivity contribution in [3.63, 3.8) is 0 Å². The Morgan fingerprint density at radius 3 is 2.44 bits per heavy atom. The van der Waals surface area contributed by atoms with Gasteiger partial charge in [-0.1, -0.05) is 22.0 Å². The molecule has 0 aromatic heterocycles. The summed E-state index contributed by atoms with van der Waals surface area (Å²) in [4.78, 5) is 0. The molecule has 100 valence electrons. The molecule has 0 bridgehead atoms. The molecule has 5 heteroatoms. The SMILES string of the molecule is CC(=N)C(C)(C)S(=O)(=O)Cc1cc(Br)ccc1C. The molecule has 0 aliphatic carbocycles. The Bertz CT molecular complexity index is 577. The molecule has 1 rings (SSSR count). The van der Waals surface area contributed by atoms with Crippen LogP contribution in [0, 0.1) is 12.3 Å². The van der Waals surface area contributed by atoms with E-state index in [2.05, 4.69) is 15.9 Å². The molecule has 3 nitrogen and oxygen atoms in total. The van der Waals surface area contributed by atoms with Crippen LogP contribution in [0.1, 0.15) is 31.9 Å². The van der Waals surface area contributed by atoms with Crippen molar-refractivity contribution in [1.82, 2.24) is 0 Å². The van der Waals surface area contributed by atoms with Gasteiger partial charge in [0.15, 0.2) is 9.84 Å². The molecule has 0 aliphatic rings. The Balaban J connectivity index is 3.18. The molecule has 1 aromatic rings. The first-order valence-electron chi connectivity index (χ1n) is 5.61. The number of sulfone groups is 1. The number of halogens is 1. The Hall–Kier alpha value is -0.680. The molecule has 18 heavy (non-hydrogen) atoms. The average molecular weight is 332 g/mol. The minimum atomic E-state index is -3.40. The van der Waals surface area contributed by atoms with Gasteiger partial charge in [-0.05, 0) is 51.0 Å². The fourth-order valence-electron chi connectivity index (χ4n) is 1.41. The molecule has 0 radical (unpaired) electrons. The summed E-state index contributed by atoms with van der Waals surface area (Å²) in [6, 6.07) is 5.60. The summed E-state index contributed by atoms with van der Waals surface area (Å²) in [5, 5.41) is 7.63. The van der Waals surface area contributed by atoms with Crippen molar-refractivity contribution in [1.29, 1.82) is 5.41 Å². The highest BCUT2D eigenvalue weighted by Gasteiger charge is 2.36. The molecule has 0 heterocycles. The van der Waals surface area contributed by atoms with E-state index in [0.29, 0.717) is 0 Å². The summed E-state index contributed by atoms with van der Waals surface area (Å²) in [7, 11) is -3.40. The normalized spacial score (nSPS) is 12.5. The molecule has 0 unspecified atom stereocenters. The van der Waals surface area contributed by atoms with Crippen LogP contribution in [-0.2, 0) is 15.6 Å². The van der Waals surface area contributed by atoms with Crippen molar-refractivity contribution in [3.05, 3.63) is 33.8 Å². The van der Waals surface area contributed by atoms with Crippen molar-refractivity contribution < 1.29 is 8.42 Å². The van der Waals surface area contributed by atoms with Gasteiger partial charge in [0.1, 0.15) is 4.75 Å². The summed E-state index contributed by atoms with van der Waals surface area (Å²) >= 11 is 3.35. The van der Waals surface area contributed by atoms with E-state index >= 15 is 0 Å². The van der Waals surface area contributed by atoms with Gasteiger partial charge in [-0.15, -0.1) is 0 Å². The summed E-state index contributed by atoms with van der Waals surface area (Å²) in [5.74, 6) is -0.0402. The van der Waals surface area contributed by atoms with Crippen LogP contribution in [0.5, 0.6) is 0 Å². The van der Waals surface area contributed by atoms with Crippen LogP contribution >= 0.6 is 15.9 Å². The summed E-state index contributed by atoms with van der Waals surface area (Å²) in [6.45, 7) is 6.59. The van der Waals surface area contributed by atoms with E-state index in [0.717, 1.165) is 15.6 Å². The zero-order chi connectivity index (χ0) is 14.1. The zero-order valence-electron chi connectivity index (χ0n) is 11.0. The lowest BCUT2D eigenvalue weighted by Gasteiger charge is -2.24. The monoisotopic (exact) mass is 331 g/mol. The van der Waals surface area contributed by atoms with Crippen molar-refractivity contribution >= 4 is 31.5 Å². The predicted octanol–water partition coefficient (Wildman–Crippen LogP) is 3.49. The van der Waals surface area contributed by atoms with Crippen LogP contribution in [0.3, 0.4) is 0 Å². The fourth-order valence-corrected chi connectivity index (χ4v) is 3.37. The maximum atomic E-state index is 12.4. The number of benzene rings is 1. The minimum Gasteiger partial charge on any atom is -0.308 e. The van der Waals surface area contributed by atoms with E-state index in [1.54, 1.807) is 13.8 Å². The van der Waals surface area contributed by atoms with Gasteiger partial charge in [-0.25, -0.2) is 8.42 Å². The topological polar surface area (TPSA) is 58.0 Å². The number of hydrogen-bond donors (Lipinski definition) is 1. The first-order chi connectivity index (χ1) is 8.08. The van der Waals surface area contributed by atoms with E-state index in [1.165, 1.54) is 6.92 Å². The van der Waals surface area contributed by atoms with Crippen LogP contribution in [0.4, 0.5) is 0 Å². The van der Waals surface area contributed by atoms with E-state index in [9.17, 15) is 8.42 Å². The van der Waals surface area contributed by atoms with E-state index in [1.807, 2.05) is 25.1 Å². The molecule has 0 saturated heterocycles. The van der Waals surface area contributed by atoms with E-state index in [4.69, 9.17) is 5.41 Å². The third-order valence-corrected chi connectivity index (χ3v) is 6.38. The zero-order valence-corrected chi connectivity index (χ0v) is 13.4. The van der Waals surface area contributed by atoms with Gasteiger partial charge in [-0.3, -0.25) is 0 Å². The Morgan fingerprint density at radius 2 is 1.94 bits per heavy atom. The van der Waals surface area contributed by atoms with Crippen LogP contribution in [0.2, 0.25) is 0 Å². The van der Waals surface area contributed by atoms with Crippen molar-refractivity contribution in [2.75, 3.05) is 0 Å². The molecule has 0 aliphatic heterocycles. The van der Waals surface area contributed by atoms with E-state index < -0.39 is 14.6 Å². The van der Waals surface area contributed by atoms with Crippen LogP contribution in [-0.4, -0.2) is 18.9 Å². The fraction of sp³-hybridized carbons (Fsp3) is 0.462. The Morgan fingerprint density at radius 1 is 1.39 bits per heavy atom. The highest BCUT2D eigenvalue weighted by molar-refractivity contribution is 9.10. The standard InChI is InChI=1S/C13H18BrNO2S/c1-9-5-6-12(14)7-11(9)8-18(16,17)13(3,4)10(2)15/h5-7,15H,8H2,1-4H3. The highest BCUT2D eigenvalue weighted by Crippen LogP contribution is 2.25. The van der Waals surface area contributed by atoms with Crippen molar-refractivity contribution in [2.45, 2.75) is 38.2 Å². The number of aryl methyl sites for hydroxylation is 1. The molecule has 1 aromatic carbocycles. The number of hydrogen-bond acceptors (Lipinski definition) is 3. The quantitative estimate of drug-likeness (QED) is 0.858. The maximum absolute atomic E-state index is 12.4. The van der Waals surface area contributed by atoms with Crippen LogP contribution < -0.4 is 0 Å². The lowest BCUT2D eigenvalue weighted by atomic mass is 10.1. The lowest BCUT2D eigenvalue weighted by molar-refractivity contribution is 0.575. The molecule has 0 fully saturated rings. The largest absolute Gasteiger partial charge is 0.308 e. The third kappa shape index (κ3) is 3.01.